The summed E-state index contributed by atoms with van der Waals surface area (Å²) in [4.78, 5) is 22.4. The van der Waals surface area contributed by atoms with E-state index >= 15 is 0 Å². The van der Waals surface area contributed by atoms with Crippen molar-refractivity contribution in [2.45, 2.75) is 33.3 Å². The Bertz CT molecular complexity index is 285. The first kappa shape index (κ1) is 11.2. The highest BCUT2D eigenvalue weighted by Gasteiger charge is 2.67. The number of carboxylic acids is 1. The van der Waals surface area contributed by atoms with Gasteiger partial charge in [0.2, 0.25) is 0 Å². The summed E-state index contributed by atoms with van der Waals surface area (Å²) in [6.07, 6.45) is 0. The molecule has 0 aliphatic heterocycles. The highest BCUT2D eigenvalue weighted by Crippen LogP contribution is 2.59. The molecule has 0 aromatic carbocycles. The van der Waals surface area contributed by atoms with Crippen LogP contribution in [-0.2, 0) is 9.59 Å². The van der Waals surface area contributed by atoms with Crippen LogP contribution in [0.15, 0.2) is 0 Å². The van der Waals surface area contributed by atoms with Gasteiger partial charge in [0.1, 0.15) is 5.60 Å². The highest BCUT2D eigenvalue weighted by molar-refractivity contribution is 5.97. The molecule has 4 heteroatoms. The Balaban J connectivity index is 2.85. The van der Waals surface area contributed by atoms with Gasteiger partial charge in [0.25, 0.3) is 0 Å². The normalized spacial score (nSPS) is 29.8. The van der Waals surface area contributed by atoms with Gasteiger partial charge in [0.15, 0.2) is 5.78 Å². The van der Waals surface area contributed by atoms with Crippen LogP contribution in [0.25, 0.3) is 0 Å². The van der Waals surface area contributed by atoms with Crippen molar-refractivity contribution in [3.05, 3.63) is 0 Å². The number of aliphatic hydroxyl groups is 1. The average molecular weight is 200 g/mol. The van der Waals surface area contributed by atoms with E-state index in [1.165, 1.54) is 13.8 Å². The van der Waals surface area contributed by atoms with Crippen LogP contribution in [0.2, 0.25) is 0 Å². The van der Waals surface area contributed by atoms with Crippen LogP contribution in [-0.4, -0.2) is 27.6 Å². The van der Waals surface area contributed by atoms with Crippen LogP contribution >= 0.6 is 0 Å². The molecule has 2 atom stereocenters. The largest absolute Gasteiger partial charge is 0.481 e. The molecule has 0 saturated heterocycles. The molecule has 1 rings (SSSR count). The van der Waals surface area contributed by atoms with Crippen LogP contribution in [0.1, 0.15) is 27.7 Å². The van der Waals surface area contributed by atoms with Crippen LogP contribution in [0.3, 0.4) is 0 Å². The molecule has 2 N–H and O–H groups in total. The van der Waals surface area contributed by atoms with E-state index in [1.807, 2.05) is 0 Å². The Hall–Kier alpha value is -0.900. The summed E-state index contributed by atoms with van der Waals surface area (Å²) in [5.74, 6) is -2.55. The van der Waals surface area contributed by atoms with Gasteiger partial charge in [-0.3, -0.25) is 9.59 Å². The van der Waals surface area contributed by atoms with Crippen LogP contribution < -0.4 is 0 Å². The summed E-state index contributed by atoms with van der Waals surface area (Å²) < 4.78 is 0. The Morgan fingerprint density at radius 3 is 1.86 bits per heavy atom. The van der Waals surface area contributed by atoms with Gasteiger partial charge >= 0.3 is 5.97 Å². The molecule has 1 fully saturated rings. The van der Waals surface area contributed by atoms with E-state index in [1.54, 1.807) is 13.8 Å². The van der Waals surface area contributed by atoms with Crippen molar-refractivity contribution < 1.29 is 19.8 Å². The fraction of sp³-hybridized carbons (Fsp3) is 0.800. The lowest BCUT2D eigenvalue weighted by Gasteiger charge is -2.15. The molecule has 0 bridgehead atoms. The molecule has 1 aliphatic carbocycles. The first-order valence-electron chi connectivity index (χ1n) is 4.59. The van der Waals surface area contributed by atoms with Crippen molar-refractivity contribution in [2.75, 3.05) is 0 Å². The molecule has 1 aliphatic rings. The number of carbonyl (C=O) groups excluding carboxylic acids is 1. The van der Waals surface area contributed by atoms with Gasteiger partial charge in [-0.25, -0.2) is 0 Å². The molecule has 0 aromatic heterocycles. The summed E-state index contributed by atoms with van der Waals surface area (Å²) in [7, 11) is 0. The van der Waals surface area contributed by atoms with Crippen molar-refractivity contribution >= 4 is 11.8 Å². The summed E-state index contributed by atoms with van der Waals surface area (Å²) in [6, 6.07) is 0. The molecule has 0 spiro atoms. The van der Waals surface area contributed by atoms with Crippen LogP contribution in [0.5, 0.6) is 0 Å². The topological polar surface area (TPSA) is 74.6 Å². The van der Waals surface area contributed by atoms with Gasteiger partial charge in [-0.1, -0.05) is 13.8 Å². The van der Waals surface area contributed by atoms with E-state index < -0.39 is 28.8 Å². The van der Waals surface area contributed by atoms with Crippen LogP contribution in [0, 0.1) is 17.3 Å². The van der Waals surface area contributed by atoms with E-state index in [0.717, 1.165) is 0 Å². The molecule has 1 saturated carbocycles. The molecule has 80 valence electrons. The van der Waals surface area contributed by atoms with Gasteiger partial charge < -0.3 is 10.2 Å². The molecule has 0 radical (unpaired) electrons. The van der Waals surface area contributed by atoms with Gasteiger partial charge in [0, 0.05) is 5.92 Å². The lowest BCUT2D eigenvalue weighted by Crippen LogP contribution is -2.34. The summed E-state index contributed by atoms with van der Waals surface area (Å²) in [6.45, 7) is 6.26. The molecule has 14 heavy (non-hydrogen) atoms. The molecular formula is C10H16O4. The standard InChI is InChI=1S/C10H16O4/c1-9(2)5(6(9)8(12)13)7(11)10(3,4)14/h5-6,14H,1-4H3,(H,12,13)/t5-,6-/m0/s1. The first-order chi connectivity index (χ1) is 6.10. The number of rotatable bonds is 3. The zero-order chi connectivity index (χ0) is 11.3. The second kappa shape index (κ2) is 2.79. The van der Waals surface area contributed by atoms with Gasteiger partial charge in [0.05, 0.1) is 5.92 Å². The number of aliphatic carboxylic acids is 1. The van der Waals surface area contributed by atoms with E-state index in [2.05, 4.69) is 0 Å². The molecule has 0 unspecified atom stereocenters. The molecule has 0 amide bonds. The third kappa shape index (κ3) is 1.54. The zero-order valence-electron chi connectivity index (χ0n) is 8.87. The zero-order valence-corrected chi connectivity index (χ0v) is 8.87. The molecule has 0 aromatic rings. The quantitative estimate of drug-likeness (QED) is 0.702. The van der Waals surface area contributed by atoms with E-state index in [9.17, 15) is 14.7 Å². The summed E-state index contributed by atoms with van der Waals surface area (Å²) in [5.41, 5.74) is -1.96. The number of ketones is 1. The molecule has 4 nitrogen and oxygen atoms in total. The van der Waals surface area contributed by atoms with Gasteiger partial charge in [-0.15, -0.1) is 0 Å². The second-order valence-electron chi connectivity index (χ2n) is 5.04. The Morgan fingerprint density at radius 2 is 1.64 bits per heavy atom. The van der Waals surface area contributed by atoms with Crippen molar-refractivity contribution in [3.63, 3.8) is 0 Å². The van der Waals surface area contributed by atoms with E-state index in [-0.39, 0.29) is 5.78 Å². The van der Waals surface area contributed by atoms with E-state index in [4.69, 9.17) is 5.11 Å². The molecule has 0 heterocycles. The predicted octanol–water partition coefficient (Wildman–Crippen LogP) is 0.683. The maximum atomic E-state index is 11.6. The van der Waals surface area contributed by atoms with Gasteiger partial charge in [-0.05, 0) is 19.3 Å². The third-order valence-corrected chi connectivity index (χ3v) is 2.98. The summed E-state index contributed by atoms with van der Waals surface area (Å²) in [5, 5.41) is 18.3. The number of hydrogen-bond donors (Lipinski definition) is 2. The fourth-order valence-corrected chi connectivity index (χ4v) is 1.97. The number of carbonyl (C=O) groups is 2. The van der Waals surface area contributed by atoms with E-state index in [0.29, 0.717) is 0 Å². The fourth-order valence-electron chi connectivity index (χ4n) is 1.97. The lowest BCUT2D eigenvalue weighted by atomic mass is 9.95. The first-order valence-corrected chi connectivity index (χ1v) is 4.59. The summed E-state index contributed by atoms with van der Waals surface area (Å²) >= 11 is 0. The maximum absolute atomic E-state index is 11.6. The van der Waals surface area contributed by atoms with Crippen LogP contribution in [0.4, 0.5) is 0 Å². The number of hydrogen-bond acceptors (Lipinski definition) is 3. The average Bonchev–Trinajstić information content (AvgIpc) is 2.49. The number of carboxylic acid groups (broad SMARTS) is 1. The molecular weight excluding hydrogens is 184 g/mol. The Kier molecular flexibility index (Phi) is 2.23. The Morgan fingerprint density at radius 1 is 1.21 bits per heavy atom. The second-order valence-corrected chi connectivity index (χ2v) is 5.04. The highest BCUT2D eigenvalue weighted by atomic mass is 16.4. The smallest absolute Gasteiger partial charge is 0.307 e. The van der Waals surface area contributed by atoms with Gasteiger partial charge in [-0.2, -0.15) is 0 Å². The Labute approximate surface area is 82.9 Å². The van der Waals surface area contributed by atoms with Crippen molar-refractivity contribution in [2.24, 2.45) is 17.3 Å². The van der Waals surface area contributed by atoms with Crippen molar-refractivity contribution in [1.29, 1.82) is 0 Å². The maximum Gasteiger partial charge on any atom is 0.307 e. The monoisotopic (exact) mass is 200 g/mol. The lowest BCUT2D eigenvalue weighted by molar-refractivity contribution is -0.142. The minimum Gasteiger partial charge on any atom is -0.481 e. The third-order valence-electron chi connectivity index (χ3n) is 2.98. The van der Waals surface area contributed by atoms with Crippen molar-refractivity contribution in [1.82, 2.24) is 0 Å². The number of Topliss-reactive ketones (excluding diaryl/α,β-unsaturated/α-hetero) is 1. The predicted molar refractivity (Wildman–Crippen MR) is 49.7 cm³/mol. The SMILES string of the molecule is CC(C)(O)C(=O)[C@@H]1[C@@H](C(=O)O)C1(C)C. The minimum absolute atomic E-state index is 0.380. The minimum atomic E-state index is -1.44. The van der Waals surface area contributed by atoms with Crippen molar-refractivity contribution in [3.8, 4) is 0 Å².